The van der Waals surface area contributed by atoms with Gasteiger partial charge in [0.1, 0.15) is 22.3 Å². The lowest BCUT2D eigenvalue weighted by molar-refractivity contribution is 0.660. The van der Waals surface area contributed by atoms with Crippen molar-refractivity contribution in [2.45, 2.75) is 38.5 Å². The quantitative estimate of drug-likeness (QED) is 0.161. The molecule has 0 aliphatic heterocycles. The molecule has 2 aromatic heterocycles. The van der Waals surface area contributed by atoms with Crippen LogP contribution >= 0.6 is 0 Å². The molecule has 18 aromatic rings. The van der Waals surface area contributed by atoms with E-state index in [1.807, 2.05) is 0 Å². The van der Waals surface area contributed by atoms with E-state index >= 15 is 0 Å². The number of rotatable bonds is 5. The Bertz CT molecular complexity index is 6170. The lowest BCUT2D eigenvalue weighted by Crippen LogP contribution is -2.15. The Morgan fingerprint density at radius 2 is 0.609 bits per heavy atom. The van der Waals surface area contributed by atoms with Gasteiger partial charge < -0.3 is 8.83 Å². The molecule has 2 aliphatic carbocycles. The maximum Gasteiger partial charge on any atom is 0.143 e. The summed E-state index contributed by atoms with van der Waals surface area (Å²) in [5, 5.41) is 19.5. The molecule has 0 spiro atoms. The standard InChI is InChI=1S/C90H58O2/c1-89(2)72-46-41-54-38-42-67-57-22-16-18-32-76(57)92-88(67)83(54)84(72)68-43-39-55(48-74(68)89)82-64-29-14-10-25-60(64)80(61-26-11-15-30-65(61)82)53-36-34-51(35-37-53)71-50-78-86(70-31-17-19-33-77(70)91-78)87-66(71)45-47-73-85(87)69-44-40-56(49-75(69)90(73,3)4)81-62-27-12-8-23-58(62)79(52-20-6-5-7-21-52)59-24-9-13-28-63(59)81/h5-50H,1-4H3. The number of benzene rings is 16. The van der Waals surface area contributed by atoms with Gasteiger partial charge in [-0.15, -0.1) is 0 Å². The smallest absolute Gasteiger partial charge is 0.143 e. The van der Waals surface area contributed by atoms with E-state index in [0.717, 1.165) is 49.6 Å². The van der Waals surface area contributed by atoms with Gasteiger partial charge in [-0.25, -0.2) is 0 Å². The lowest BCUT2D eigenvalue weighted by atomic mass is 9.80. The fraction of sp³-hybridized carbons (Fsp3) is 0.0667. The summed E-state index contributed by atoms with van der Waals surface area (Å²) in [5.41, 5.74) is 25.8. The molecule has 16 aromatic carbocycles. The molecule has 0 saturated carbocycles. The largest absolute Gasteiger partial charge is 0.456 e. The molecule has 0 amide bonds. The molecule has 430 valence electrons. The molecule has 0 radical (unpaired) electrons. The zero-order chi connectivity index (χ0) is 60.9. The highest BCUT2D eigenvalue weighted by Gasteiger charge is 2.40. The van der Waals surface area contributed by atoms with Crippen molar-refractivity contribution in [1.29, 1.82) is 0 Å². The zero-order valence-electron chi connectivity index (χ0n) is 51.4. The number of para-hydroxylation sites is 2. The fourth-order valence-electron chi connectivity index (χ4n) is 17.2. The summed E-state index contributed by atoms with van der Waals surface area (Å²) < 4.78 is 13.7. The third-order valence-electron chi connectivity index (χ3n) is 21.4. The Hall–Kier alpha value is -11.3. The number of hydrogen-bond acceptors (Lipinski definition) is 2. The van der Waals surface area contributed by atoms with Crippen LogP contribution < -0.4 is 0 Å². The van der Waals surface area contributed by atoms with Crippen LogP contribution in [0.2, 0.25) is 0 Å². The lowest BCUT2D eigenvalue weighted by Gasteiger charge is -2.23. The summed E-state index contributed by atoms with van der Waals surface area (Å²) in [4.78, 5) is 0. The van der Waals surface area contributed by atoms with Crippen molar-refractivity contribution in [3.63, 3.8) is 0 Å². The molecule has 2 aliphatic rings. The van der Waals surface area contributed by atoms with E-state index < -0.39 is 0 Å². The van der Waals surface area contributed by atoms with E-state index in [2.05, 4.69) is 307 Å². The van der Waals surface area contributed by atoms with Crippen LogP contribution in [-0.4, -0.2) is 0 Å². The van der Waals surface area contributed by atoms with E-state index in [1.165, 1.54) is 159 Å². The second-order valence-corrected chi connectivity index (χ2v) is 26.8. The summed E-state index contributed by atoms with van der Waals surface area (Å²) in [5.74, 6) is 0. The van der Waals surface area contributed by atoms with Crippen LogP contribution in [0.5, 0.6) is 0 Å². The van der Waals surface area contributed by atoms with Crippen LogP contribution in [0, 0.1) is 0 Å². The molecule has 2 heterocycles. The molecule has 0 N–H and O–H groups in total. The van der Waals surface area contributed by atoms with Crippen LogP contribution in [0.3, 0.4) is 0 Å². The van der Waals surface area contributed by atoms with E-state index in [9.17, 15) is 0 Å². The van der Waals surface area contributed by atoms with Gasteiger partial charge in [0.15, 0.2) is 0 Å². The Labute approximate surface area is 531 Å². The predicted molar refractivity (Wildman–Crippen MR) is 388 cm³/mol. The minimum Gasteiger partial charge on any atom is -0.456 e. The molecule has 2 nitrogen and oxygen atoms in total. The Balaban J connectivity index is 0.735. The molecule has 0 atom stereocenters. The van der Waals surface area contributed by atoms with Gasteiger partial charge in [-0.1, -0.05) is 270 Å². The molecule has 92 heavy (non-hydrogen) atoms. The van der Waals surface area contributed by atoms with Gasteiger partial charge in [-0.3, -0.25) is 0 Å². The van der Waals surface area contributed by atoms with E-state index in [4.69, 9.17) is 8.83 Å². The van der Waals surface area contributed by atoms with Crippen LogP contribution in [0.4, 0.5) is 0 Å². The van der Waals surface area contributed by atoms with Crippen molar-refractivity contribution < 1.29 is 8.83 Å². The topological polar surface area (TPSA) is 26.3 Å². The first-order chi connectivity index (χ1) is 45.2. The van der Waals surface area contributed by atoms with Gasteiger partial charge in [0, 0.05) is 43.1 Å². The predicted octanol–water partition coefficient (Wildman–Crippen LogP) is 25.4. The molecule has 0 saturated heterocycles. The van der Waals surface area contributed by atoms with Crippen molar-refractivity contribution in [2.24, 2.45) is 0 Å². The van der Waals surface area contributed by atoms with Crippen LogP contribution in [0.25, 0.3) is 186 Å². The molecule has 2 heteroatoms. The zero-order valence-corrected chi connectivity index (χ0v) is 51.4. The first kappa shape index (κ1) is 51.6. The first-order valence-corrected chi connectivity index (χ1v) is 32.3. The van der Waals surface area contributed by atoms with Crippen LogP contribution in [0.15, 0.2) is 288 Å². The molecular weight excluding hydrogens is 1110 g/mol. The highest BCUT2D eigenvalue weighted by atomic mass is 16.3. The average Bonchev–Trinajstić information content (AvgIpc) is 1.52. The normalized spacial score (nSPS) is 13.8. The van der Waals surface area contributed by atoms with Gasteiger partial charge in [-0.05, 0) is 190 Å². The third-order valence-corrected chi connectivity index (χ3v) is 21.4. The van der Waals surface area contributed by atoms with Crippen molar-refractivity contribution in [3.05, 3.63) is 301 Å². The second kappa shape index (κ2) is 18.6. The Morgan fingerprint density at radius 1 is 0.217 bits per heavy atom. The fourth-order valence-corrected chi connectivity index (χ4v) is 17.2. The minimum atomic E-state index is -0.294. The van der Waals surface area contributed by atoms with Crippen LogP contribution in [0.1, 0.15) is 49.9 Å². The highest BCUT2D eigenvalue weighted by molar-refractivity contribution is 6.29. The minimum absolute atomic E-state index is 0.245. The molecule has 0 fully saturated rings. The summed E-state index contributed by atoms with van der Waals surface area (Å²) in [6.07, 6.45) is 0. The summed E-state index contributed by atoms with van der Waals surface area (Å²) in [6, 6.07) is 104. The SMILES string of the molecule is CC1(C)c2cc(-c3c4ccccc4c(-c4ccc(-c5cc6oc7ccccc7c6c6c7c(ccc56)C(C)(C)c5cc(-c6c8ccccc8c(-c8ccccc8)c8ccccc68)ccc5-7)cc4)c4ccccc34)ccc2-c2c1ccc1ccc3c4ccccc4oc3c21. The van der Waals surface area contributed by atoms with E-state index in [0.29, 0.717) is 0 Å². The number of furan rings is 2. The van der Waals surface area contributed by atoms with Crippen molar-refractivity contribution in [2.75, 3.05) is 0 Å². The van der Waals surface area contributed by atoms with Crippen molar-refractivity contribution >= 4 is 109 Å². The summed E-state index contributed by atoms with van der Waals surface area (Å²) in [6.45, 7) is 9.62. The molecule has 0 bridgehead atoms. The van der Waals surface area contributed by atoms with Gasteiger partial charge in [0.05, 0.1) is 0 Å². The average molecular weight is 1170 g/mol. The maximum atomic E-state index is 6.95. The highest BCUT2D eigenvalue weighted by Crippen LogP contribution is 2.58. The van der Waals surface area contributed by atoms with Gasteiger partial charge >= 0.3 is 0 Å². The first-order valence-electron chi connectivity index (χ1n) is 32.3. The Kier molecular flexibility index (Phi) is 10.4. The summed E-state index contributed by atoms with van der Waals surface area (Å²) >= 11 is 0. The molecule has 20 rings (SSSR count). The van der Waals surface area contributed by atoms with Crippen molar-refractivity contribution in [1.82, 2.24) is 0 Å². The van der Waals surface area contributed by atoms with E-state index in [1.54, 1.807) is 0 Å². The van der Waals surface area contributed by atoms with E-state index in [-0.39, 0.29) is 10.8 Å². The maximum absolute atomic E-state index is 6.95. The number of fused-ring (bicyclic) bond motifs is 22. The Morgan fingerprint density at radius 3 is 1.14 bits per heavy atom. The monoisotopic (exact) mass is 1170 g/mol. The van der Waals surface area contributed by atoms with Crippen molar-refractivity contribution in [3.8, 4) is 77.9 Å². The van der Waals surface area contributed by atoms with Crippen LogP contribution in [-0.2, 0) is 10.8 Å². The molecular formula is C90H58O2. The second-order valence-electron chi connectivity index (χ2n) is 26.8. The summed E-state index contributed by atoms with van der Waals surface area (Å²) in [7, 11) is 0. The van der Waals surface area contributed by atoms with Gasteiger partial charge in [0.2, 0.25) is 0 Å². The number of hydrogen-bond donors (Lipinski definition) is 0. The third kappa shape index (κ3) is 6.93. The van der Waals surface area contributed by atoms with Gasteiger partial charge in [-0.2, -0.15) is 0 Å². The van der Waals surface area contributed by atoms with Gasteiger partial charge in [0.25, 0.3) is 0 Å². The molecule has 0 unspecified atom stereocenters.